The summed E-state index contributed by atoms with van der Waals surface area (Å²) in [5.41, 5.74) is 2.28. The van der Waals surface area contributed by atoms with Crippen LogP contribution in [0.25, 0.3) is 0 Å². The third-order valence-corrected chi connectivity index (χ3v) is 4.20. The van der Waals surface area contributed by atoms with Gasteiger partial charge >= 0.3 is 6.03 Å². The topological polar surface area (TPSA) is 35.6 Å². The van der Waals surface area contributed by atoms with E-state index in [2.05, 4.69) is 50.0 Å². The molecular formula is C18H29N3O. The first-order valence-electron chi connectivity index (χ1n) is 8.29. The van der Waals surface area contributed by atoms with Crippen molar-refractivity contribution in [3.8, 4) is 0 Å². The highest BCUT2D eigenvalue weighted by Gasteiger charge is 2.20. The van der Waals surface area contributed by atoms with Crippen LogP contribution in [-0.2, 0) is 5.41 Å². The Bertz CT molecular complexity index is 482. The molecule has 0 saturated carbocycles. The van der Waals surface area contributed by atoms with Gasteiger partial charge in [-0.25, -0.2) is 4.79 Å². The van der Waals surface area contributed by atoms with Crippen molar-refractivity contribution >= 4 is 11.7 Å². The van der Waals surface area contributed by atoms with E-state index in [1.165, 1.54) is 12.0 Å². The van der Waals surface area contributed by atoms with Gasteiger partial charge in [-0.3, -0.25) is 4.90 Å². The van der Waals surface area contributed by atoms with Crippen LogP contribution in [-0.4, -0.2) is 48.6 Å². The van der Waals surface area contributed by atoms with Crippen LogP contribution < -0.4 is 5.32 Å². The summed E-state index contributed by atoms with van der Waals surface area (Å²) < 4.78 is 0. The number of benzene rings is 1. The van der Waals surface area contributed by atoms with Crippen molar-refractivity contribution in [2.75, 3.05) is 38.0 Å². The monoisotopic (exact) mass is 303 g/mol. The minimum absolute atomic E-state index is 0.0136. The number of carbonyl (C=O) groups is 1. The average molecular weight is 303 g/mol. The zero-order valence-corrected chi connectivity index (χ0v) is 14.4. The fourth-order valence-corrected chi connectivity index (χ4v) is 2.75. The van der Waals surface area contributed by atoms with Crippen molar-refractivity contribution in [3.05, 3.63) is 29.8 Å². The molecule has 1 fully saturated rings. The molecule has 1 aromatic rings. The number of hydrogen-bond donors (Lipinski definition) is 1. The highest BCUT2D eigenvalue weighted by atomic mass is 16.2. The maximum atomic E-state index is 12.3. The van der Waals surface area contributed by atoms with E-state index < -0.39 is 0 Å². The highest BCUT2D eigenvalue weighted by Crippen LogP contribution is 2.23. The number of nitrogens with one attached hydrogen (secondary N) is 1. The number of urea groups is 1. The van der Waals surface area contributed by atoms with Gasteiger partial charge in [0.1, 0.15) is 0 Å². The van der Waals surface area contributed by atoms with E-state index in [-0.39, 0.29) is 11.4 Å². The molecule has 22 heavy (non-hydrogen) atoms. The molecule has 0 bridgehead atoms. The zero-order chi connectivity index (χ0) is 16.2. The molecule has 1 aromatic carbocycles. The molecule has 0 radical (unpaired) electrons. The Labute approximate surface area is 134 Å². The quantitative estimate of drug-likeness (QED) is 0.927. The van der Waals surface area contributed by atoms with Crippen molar-refractivity contribution in [1.29, 1.82) is 0 Å². The smallest absolute Gasteiger partial charge is 0.321 e. The third kappa shape index (κ3) is 4.47. The van der Waals surface area contributed by atoms with Gasteiger partial charge in [0.2, 0.25) is 0 Å². The van der Waals surface area contributed by atoms with Gasteiger partial charge in [0, 0.05) is 31.9 Å². The van der Waals surface area contributed by atoms with Gasteiger partial charge in [-0.05, 0) is 36.1 Å². The largest absolute Gasteiger partial charge is 0.322 e. The first-order chi connectivity index (χ1) is 10.4. The lowest BCUT2D eigenvalue weighted by molar-refractivity contribution is 0.147. The number of amides is 2. The predicted octanol–water partition coefficient (Wildman–Crippen LogP) is 3.54. The van der Waals surface area contributed by atoms with E-state index in [0.29, 0.717) is 0 Å². The van der Waals surface area contributed by atoms with Crippen molar-refractivity contribution in [1.82, 2.24) is 9.80 Å². The van der Waals surface area contributed by atoms with E-state index in [4.69, 9.17) is 0 Å². The maximum Gasteiger partial charge on any atom is 0.321 e. The van der Waals surface area contributed by atoms with Crippen LogP contribution in [0.15, 0.2) is 24.3 Å². The number of piperazine rings is 1. The van der Waals surface area contributed by atoms with E-state index in [1.807, 2.05) is 17.0 Å². The molecule has 0 aliphatic carbocycles. The first kappa shape index (κ1) is 16.8. The van der Waals surface area contributed by atoms with E-state index >= 15 is 0 Å². The first-order valence-corrected chi connectivity index (χ1v) is 8.29. The summed E-state index contributed by atoms with van der Waals surface area (Å²) in [5, 5.41) is 3.01. The predicted molar refractivity (Wildman–Crippen MR) is 92.5 cm³/mol. The Morgan fingerprint density at radius 1 is 1.09 bits per heavy atom. The molecule has 0 atom stereocenters. The SMILES string of the molecule is CCCN1CCN(C(=O)Nc2ccc(C(C)(C)C)cc2)CC1. The maximum absolute atomic E-state index is 12.3. The van der Waals surface area contributed by atoms with Gasteiger partial charge in [0.25, 0.3) is 0 Å². The third-order valence-electron chi connectivity index (χ3n) is 4.20. The second kappa shape index (κ2) is 7.14. The van der Waals surface area contributed by atoms with Crippen LogP contribution in [0.4, 0.5) is 10.5 Å². The Kier molecular flexibility index (Phi) is 5.46. The number of anilines is 1. The fraction of sp³-hybridized carbons (Fsp3) is 0.611. The molecular weight excluding hydrogens is 274 g/mol. The molecule has 4 heteroatoms. The van der Waals surface area contributed by atoms with Crippen LogP contribution in [0.2, 0.25) is 0 Å². The highest BCUT2D eigenvalue weighted by molar-refractivity contribution is 5.89. The van der Waals surface area contributed by atoms with Gasteiger partial charge in [0.15, 0.2) is 0 Å². The molecule has 1 heterocycles. The molecule has 1 aliphatic heterocycles. The molecule has 0 unspecified atom stereocenters. The number of carbonyl (C=O) groups excluding carboxylic acids is 1. The van der Waals surface area contributed by atoms with Crippen LogP contribution in [0.3, 0.4) is 0 Å². The molecule has 2 amide bonds. The lowest BCUT2D eigenvalue weighted by atomic mass is 9.87. The molecule has 1 N–H and O–H groups in total. The fourth-order valence-electron chi connectivity index (χ4n) is 2.75. The van der Waals surface area contributed by atoms with Crippen LogP contribution in [0.1, 0.15) is 39.7 Å². The number of nitrogens with zero attached hydrogens (tertiary/aromatic N) is 2. The Balaban J connectivity index is 1.87. The summed E-state index contributed by atoms with van der Waals surface area (Å²) >= 11 is 0. The van der Waals surface area contributed by atoms with Crippen molar-refractivity contribution in [3.63, 3.8) is 0 Å². The minimum atomic E-state index is 0.0136. The lowest BCUT2D eigenvalue weighted by Gasteiger charge is -2.34. The van der Waals surface area contributed by atoms with Gasteiger partial charge in [-0.2, -0.15) is 0 Å². The Morgan fingerprint density at radius 2 is 1.68 bits per heavy atom. The molecule has 1 aliphatic rings. The second-order valence-electron chi connectivity index (χ2n) is 7.09. The zero-order valence-electron chi connectivity index (χ0n) is 14.4. The summed E-state index contributed by atoms with van der Waals surface area (Å²) in [4.78, 5) is 16.6. The summed E-state index contributed by atoms with van der Waals surface area (Å²) in [5.74, 6) is 0. The van der Waals surface area contributed by atoms with Crippen LogP contribution >= 0.6 is 0 Å². The van der Waals surface area contributed by atoms with Crippen LogP contribution in [0.5, 0.6) is 0 Å². The van der Waals surface area contributed by atoms with E-state index in [1.54, 1.807) is 0 Å². The van der Waals surface area contributed by atoms with Crippen molar-refractivity contribution in [2.24, 2.45) is 0 Å². The van der Waals surface area contributed by atoms with Gasteiger partial charge < -0.3 is 10.2 Å². The number of hydrogen-bond acceptors (Lipinski definition) is 2. The Hall–Kier alpha value is -1.55. The molecule has 0 spiro atoms. The van der Waals surface area contributed by atoms with Gasteiger partial charge in [-0.15, -0.1) is 0 Å². The molecule has 1 saturated heterocycles. The lowest BCUT2D eigenvalue weighted by Crippen LogP contribution is -2.50. The second-order valence-corrected chi connectivity index (χ2v) is 7.09. The normalized spacial score (nSPS) is 16.6. The van der Waals surface area contributed by atoms with E-state index in [9.17, 15) is 4.79 Å². The Morgan fingerprint density at radius 3 is 2.18 bits per heavy atom. The summed E-state index contributed by atoms with van der Waals surface area (Å²) in [7, 11) is 0. The van der Waals surface area contributed by atoms with Crippen molar-refractivity contribution < 1.29 is 4.79 Å². The van der Waals surface area contributed by atoms with Gasteiger partial charge in [-0.1, -0.05) is 39.8 Å². The van der Waals surface area contributed by atoms with E-state index in [0.717, 1.165) is 38.4 Å². The van der Waals surface area contributed by atoms with Crippen molar-refractivity contribution in [2.45, 2.75) is 39.5 Å². The molecule has 2 rings (SSSR count). The molecule has 0 aromatic heterocycles. The molecule has 122 valence electrons. The summed E-state index contributed by atoms with van der Waals surface area (Å²) in [6.45, 7) is 13.5. The summed E-state index contributed by atoms with van der Waals surface area (Å²) in [6.07, 6.45) is 1.17. The standard InChI is InChI=1S/C18H29N3O/c1-5-10-20-11-13-21(14-12-20)17(22)19-16-8-6-15(7-9-16)18(2,3)4/h6-9H,5,10-14H2,1-4H3,(H,19,22). The van der Waals surface area contributed by atoms with Gasteiger partial charge in [0.05, 0.1) is 0 Å². The summed E-state index contributed by atoms with van der Waals surface area (Å²) in [6, 6.07) is 8.18. The van der Waals surface area contributed by atoms with Crippen LogP contribution in [0, 0.1) is 0 Å². The average Bonchev–Trinajstić information content (AvgIpc) is 2.48. The molecule has 4 nitrogen and oxygen atoms in total. The number of rotatable bonds is 3. The minimum Gasteiger partial charge on any atom is -0.322 e.